The van der Waals surface area contributed by atoms with E-state index in [-0.39, 0.29) is 5.82 Å². The largest absolute Gasteiger partial charge is 0.379 e. The van der Waals surface area contributed by atoms with Crippen molar-refractivity contribution in [1.29, 1.82) is 0 Å². The van der Waals surface area contributed by atoms with Crippen LogP contribution in [-0.4, -0.2) is 14.7 Å². The first-order chi connectivity index (χ1) is 10.7. The molecule has 0 aliphatic carbocycles. The molecule has 4 rings (SSSR count). The maximum Gasteiger partial charge on any atom is 0.133 e. The number of halogens is 1. The SMILES string of the molecule is O[C@]1(c2cccc(-c3ccc(F)cc3)c2)CCn2cncc21. The van der Waals surface area contributed by atoms with Crippen molar-refractivity contribution in [1.82, 2.24) is 9.55 Å². The molecule has 0 saturated heterocycles. The fourth-order valence-corrected chi connectivity index (χ4v) is 3.14. The molecule has 1 aliphatic heterocycles. The van der Waals surface area contributed by atoms with Gasteiger partial charge in [-0.25, -0.2) is 9.37 Å². The number of fused-ring (bicyclic) bond motifs is 1. The predicted octanol–water partition coefficient (Wildman–Crippen LogP) is 3.33. The van der Waals surface area contributed by atoms with Crippen LogP contribution in [0.4, 0.5) is 4.39 Å². The summed E-state index contributed by atoms with van der Waals surface area (Å²) >= 11 is 0. The molecule has 1 atom stereocenters. The van der Waals surface area contributed by atoms with Crippen LogP contribution in [0.5, 0.6) is 0 Å². The van der Waals surface area contributed by atoms with Gasteiger partial charge in [0.2, 0.25) is 0 Å². The number of imidazole rings is 1. The Morgan fingerprint density at radius 2 is 1.91 bits per heavy atom. The third-order valence-corrected chi connectivity index (χ3v) is 4.37. The molecule has 0 saturated carbocycles. The van der Waals surface area contributed by atoms with Crippen LogP contribution in [0.15, 0.2) is 61.1 Å². The van der Waals surface area contributed by atoms with E-state index in [0.717, 1.165) is 28.9 Å². The highest BCUT2D eigenvalue weighted by atomic mass is 19.1. The fraction of sp³-hybridized carbons (Fsp3) is 0.167. The summed E-state index contributed by atoms with van der Waals surface area (Å²) in [5.41, 5.74) is 2.55. The maximum atomic E-state index is 13.1. The van der Waals surface area contributed by atoms with Gasteiger partial charge in [0, 0.05) is 13.0 Å². The lowest BCUT2D eigenvalue weighted by Gasteiger charge is -2.23. The third-order valence-electron chi connectivity index (χ3n) is 4.37. The number of hydrogen-bond acceptors (Lipinski definition) is 2. The van der Waals surface area contributed by atoms with E-state index in [9.17, 15) is 9.50 Å². The van der Waals surface area contributed by atoms with E-state index in [1.807, 2.05) is 28.8 Å². The van der Waals surface area contributed by atoms with Crippen molar-refractivity contribution in [2.45, 2.75) is 18.6 Å². The second-order valence-corrected chi connectivity index (χ2v) is 5.67. The zero-order valence-electron chi connectivity index (χ0n) is 11.9. The van der Waals surface area contributed by atoms with Gasteiger partial charge in [-0.05, 0) is 34.9 Å². The Balaban J connectivity index is 1.78. The van der Waals surface area contributed by atoms with E-state index < -0.39 is 5.60 Å². The monoisotopic (exact) mass is 294 g/mol. The number of benzene rings is 2. The van der Waals surface area contributed by atoms with E-state index in [4.69, 9.17) is 0 Å². The summed E-state index contributed by atoms with van der Waals surface area (Å²) in [6, 6.07) is 14.2. The van der Waals surface area contributed by atoms with Crippen molar-refractivity contribution in [3.05, 3.63) is 78.1 Å². The zero-order valence-corrected chi connectivity index (χ0v) is 11.9. The van der Waals surface area contributed by atoms with Gasteiger partial charge in [-0.1, -0.05) is 30.3 Å². The minimum atomic E-state index is -1.01. The highest BCUT2D eigenvalue weighted by Gasteiger charge is 2.39. The highest BCUT2D eigenvalue weighted by Crippen LogP contribution is 2.39. The van der Waals surface area contributed by atoms with Crippen LogP contribution in [0.1, 0.15) is 17.7 Å². The van der Waals surface area contributed by atoms with Gasteiger partial charge in [-0.15, -0.1) is 0 Å². The molecule has 0 unspecified atom stereocenters. The molecule has 1 aliphatic rings. The number of aliphatic hydroxyl groups is 1. The third kappa shape index (κ3) is 1.96. The molecular formula is C18H15FN2O. The van der Waals surface area contributed by atoms with Crippen LogP contribution in [0.2, 0.25) is 0 Å². The van der Waals surface area contributed by atoms with Crippen molar-refractivity contribution in [3.8, 4) is 11.1 Å². The van der Waals surface area contributed by atoms with Crippen LogP contribution in [0.25, 0.3) is 11.1 Å². The van der Waals surface area contributed by atoms with Gasteiger partial charge in [0.25, 0.3) is 0 Å². The Labute approximate surface area is 127 Å². The second-order valence-electron chi connectivity index (χ2n) is 5.67. The minimum Gasteiger partial charge on any atom is -0.379 e. The molecule has 3 aromatic rings. The van der Waals surface area contributed by atoms with Crippen LogP contribution >= 0.6 is 0 Å². The highest BCUT2D eigenvalue weighted by molar-refractivity contribution is 5.64. The summed E-state index contributed by atoms with van der Waals surface area (Å²) in [4.78, 5) is 4.12. The van der Waals surface area contributed by atoms with Crippen LogP contribution in [0, 0.1) is 5.82 Å². The molecular weight excluding hydrogens is 279 g/mol. The van der Waals surface area contributed by atoms with E-state index in [0.29, 0.717) is 6.42 Å². The lowest BCUT2D eigenvalue weighted by atomic mass is 9.88. The van der Waals surface area contributed by atoms with E-state index in [1.165, 1.54) is 12.1 Å². The molecule has 2 aromatic carbocycles. The first kappa shape index (κ1) is 13.2. The molecule has 2 heterocycles. The standard InChI is InChI=1S/C18H15FN2O/c19-16-6-4-13(5-7-16)14-2-1-3-15(10-14)18(22)8-9-21-12-20-11-17(18)21/h1-7,10-12,22H,8-9H2/t18-/m0/s1. The fourth-order valence-electron chi connectivity index (χ4n) is 3.14. The summed E-state index contributed by atoms with van der Waals surface area (Å²) in [6.07, 6.45) is 4.10. The van der Waals surface area contributed by atoms with Gasteiger partial charge in [0.15, 0.2) is 0 Å². The smallest absolute Gasteiger partial charge is 0.133 e. The van der Waals surface area contributed by atoms with Gasteiger partial charge in [-0.2, -0.15) is 0 Å². The first-order valence-electron chi connectivity index (χ1n) is 7.26. The molecule has 3 nitrogen and oxygen atoms in total. The lowest BCUT2D eigenvalue weighted by Crippen LogP contribution is -2.23. The van der Waals surface area contributed by atoms with E-state index >= 15 is 0 Å². The lowest BCUT2D eigenvalue weighted by molar-refractivity contribution is 0.0826. The second kappa shape index (κ2) is 4.78. The van der Waals surface area contributed by atoms with Gasteiger partial charge in [0.1, 0.15) is 11.4 Å². The minimum absolute atomic E-state index is 0.252. The molecule has 4 heteroatoms. The number of aryl methyl sites for hydroxylation is 1. The van der Waals surface area contributed by atoms with Gasteiger partial charge in [-0.3, -0.25) is 0 Å². The molecule has 1 aromatic heterocycles. The van der Waals surface area contributed by atoms with Crippen molar-refractivity contribution in [2.75, 3.05) is 0 Å². The average Bonchev–Trinajstić information content (AvgIpc) is 3.13. The maximum absolute atomic E-state index is 13.1. The Morgan fingerprint density at radius 3 is 2.73 bits per heavy atom. The summed E-state index contributed by atoms with van der Waals surface area (Å²) in [6.45, 7) is 0.757. The molecule has 0 bridgehead atoms. The summed E-state index contributed by atoms with van der Waals surface area (Å²) < 4.78 is 15.0. The number of hydrogen-bond donors (Lipinski definition) is 1. The zero-order chi connectivity index (χ0) is 15.2. The molecule has 0 radical (unpaired) electrons. The molecule has 110 valence electrons. The molecule has 0 fully saturated rings. The first-order valence-corrected chi connectivity index (χ1v) is 7.26. The molecule has 0 spiro atoms. The Morgan fingerprint density at radius 1 is 1.09 bits per heavy atom. The number of nitrogens with zero attached hydrogens (tertiary/aromatic N) is 2. The Bertz CT molecular complexity index is 825. The molecule has 1 N–H and O–H groups in total. The van der Waals surface area contributed by atoms with E-state index in [2.05, 4.69) is 4.98 Å². The van der Waals surface area contributed by atoms with Gasteiger partial charge >= 0.3 is 0 Å². The van der Waals surface area contributed by atoms with Gasteiger partial charge in [0.05, 0.1) is 18.2 Å². The number of rotatable bonds is 2. The van der Waals surface area contributed by atoms with Gasteiger partial charge < -0.3 is 9.67 Å². The molecule has 22 heavy (non-hydrogen) atoms. The summed E-state index contributed by atoms with van der Waals surface area (Å²) in [7, 11) is 0. The van der Waals surface area contributed by atoms with Crippen LogP contribution in [0.3, 0.4) is 0 Å². The number of aromatic nitrogens is 2. The van der Waals surface area contributed by atoms with Crippen molar-refractivity contribution >= 4 is 0 Å². The normalized spacial score (nSPS) is 20.1. The summed E-state index contributed by atoms with van der Waals surface area (Å²) in [5.74, 6) is -0.252. The quantitative estimate of drug-likeness (QED) is 0.787. The van der Waals surface area contributed by atoms with Crippen LogP contribution in [-0.2, 0) is 12.1 Å². The topological polar surface area (TPSA) is 38.0 Å². The average molecular weight is 294 g/mol. The molecule has 0 amide bonds. The van der Waals surface area contributed by atoms with Crippen molar-refractivity contribution < 1.29 is 9.50 Å². The van der Waals surface area contributed by atoms with Crippen molar-refractivity contribution in [3.63, 3.8) is 0 Å². The Hall–Kier alpha value is -2.46. The summed E-state index contributed by atoms with van der Waals surface area (Å²) in [5, 5.41) is 11.1. The predicted molar refractivity (Wildman–Crippen MR) is 81.7 cm³/mol. The van der Waals surface area contributed by atoms with E-state index in [1.54, 1.807) is 24.7 Å². The van der Waals surface area contributed by atoms with Crippen LogP contribution < -0.4 is 0 Å². The Kier molecular flexibility index (Phi) is 2.87. The van der Waals surface area contributed by atoms with Crippen molar-refractivity contribution in [2.24, 2.45) is 0 Å².